The maximum Gasteiger partial charge on any atom is 0.265 e. The predicted molar refractivity (Wildman–Crippen MR) is 68.4 cm³/mol. The summed E-state index contributed by atoms with van der Waals surface area (Å²) in [4.78, 5) is -0.130. The molecule has 3 N–H and O–H groups in total. The van der Waals surface area contributed by atoms with Crippen molar-refractivity contribution in [2.24, 2.45) is 5.73 Å². The van der Waals surface area contributed by atoms with Crippen LogP contribution >= 0.6 is 0 Å². The minimum atomic E-state index is -3.98. The fourth-order valence-electron chi connectivity index (χ4n) is 1.51. The number of hydrogen-bond donors (Lipinski definition) is 2. The Balaban J connectivity index is 2.26. The lowest BCUT2D eigenvalue weighted by Gasteiger charge is -2.07. The molecule has 0 amide bonds. The molecular formula is C11H12F2N4O2S. The molecule has 0 aliphatic rings. The van der Waals surface area contributed by atoms with Gasteiger partial charge in [0.25, 0.3) is 10.0 Å². The molecule has 0 bridgehead atoms. The summed E-state index contributed by atoms with van der Waals surface area (Å²) in [5, 5.41) is 3.81. The van der Waals surface area contributed by atoms with Gasteiger partial charge in [0.2, 0.25) is 0 Å². The highest BCUT2D eigenvalue weighted by atomic mass is 32.2. The fraction of sp³-hybridized carbons (Fsp3) is 0.182. The summed E-state index contributed by atoms with van der Waals surface area (Å²) >= 11 is 0. The highest BCUT2D eigenvalue weighted by Gasteiger charge is 2.18. The topological polar surface area (TPSA) is 90.0 Å². The molecule has 1 aromatic carbocycles. The third-order valence-corrected chi connectivity index (χ3v) is 3.77. The first-order valence-corrected chi connectivity index (χ1v) is 7.11. The second-order valence-electron chi connectivity index (χ2n) is 3.96. The van der Waals surface area contributed by atoms with Gasteiger partial charge in [0.15, 0.2) is 0 Å². The van der Waals surface area contributed by atoms with E-state index in [9.17, 15) is 17.2 Å². The standard InChI is InChI=1S/C11H12F2N4O2S/c12-8-1-2-11(10(13)5-8)16-20(18,19)9-6-15-17(7-9)4-3-14/h1-2,5-7,16H,3-4,14H2. The highest BCUT2D eigenvalue weighted by Crippen LogP contribution is 2.19. The first kappa shape index (κ1) is 14.4. The summed E-state index contributed by atoms with van der Waals surface area (Å²) in [5.74, 6) is -1.79. The van der Waals surface area contributed by atoms with Gasteiger partial charge in [-0.2, -0.15) is 5.10 Å². The monoisotopic (exact) mass is 302 g/mol. The van der Waals surface area contributed by atoms with Gasteiger partial charge in [0.1, 0.15) is 16.5 Å². The normalized spacial score (nSPS) is 11.6. The number of hydrogen-bond acceptors (Lipinski definition) is 4. The second-order valence-corrected chi connectivity index (χ2v) is 5.64. The number of rotatable bonds is 5. The number of nitrogens with two attached hydrogens (primary N) is 1. The zero-order valence-corrected chi connectivity index (χ0v) is 11.1. The van der Waals surface area contributed by atoms with Crippen LogP contribution in [-0.2, 0) is 16.6 Å². The smallest absolute Gasteiger partial charge is 0.265 e. The van der Waals surface area contributed by atoms with Gasteiger partial charge in [-0.15, -0.1) is 0 Å². The number of halogens is 2. The van der Waals surface area contributed by atoms with Crippen molar-refractivity contribution in [1.82, 2.24) is 9.78 Å². The predicted octanol–water partition coefficient (Wildman–Crippen LogP) is 0.921. The van der Waals surface area contributed by atoms with Gasteiger partial charge in [0.05, 0.1) is 18.4 Å². The van der Waals surface area contributed by atoms with E-state index in [1.165, 1.54) is 10.9 Å². The van der Waals surface area contributed by atoms with E-state index in [0.29, 0.717) is 19.2 Å². The van der Waals surface area contributed by atoms with Crippen LogP contribution in [0.4, 0.5) is 14.5 Å². The van der Waals surface area contributed by atoms with Crippen LogP contribution in [-0.4, -0.2) is 24.7 Å². The molecule has 0 aliphatic heterocycles. The van der Waals surface area contributed by atoms with E-state index in [-0.39, 0.29) is 10.6 Å². The zero-order chi connectivity index (χ0) is 14.8. The lowest BCUT2D eigenvalue weighted by atomic mass is 10.3. The minimum Gasteiger partial charge on any atom is -0.329 e. The van der Waals surface area contributed by atoms with Crippen molar-refractivity contribution < 1.29 is 17.2 Å². The molecule has 0 atom stereocenters. The third-order valence-electron chi connectivity index (χ3n) is 2.45. The maximum atomic E-state index is 13.4. The van der Waals surface area contributed by atoms with Crippen molar-refractivity contribution >= 4 is 15.7 Å². The number of benzene rings is 1. The molecular weight excluding hydrogens is 290 g/mol. The summed E-state index contributed by atoms with van der Waals surface area (Å²) in [6, 6.07) is 2.56. The minimum absolute atomic E-state index is 0.130. The Morgan fingerprint density at radius 2 is 2.10 bits per heavy atom. The molecule has 20 heavy (non-hydrogen) atoms. The summed E-state index contributed by atoms with van der Waals surface area (Å²) < 4.78 is 53.6. The van der Waals surface area contributed by atoms with Crippen LogP contribution in [0.25, 0.3) is 0 Å². The Bertz CT molecular complexity index is 715. The van der Waals surface area contributed by atoms with Gasteiger partial charge < -0.3 is 5.73 Å². The van der Waals surface area contributed by atoms with Crippen LogP contribution in [0.1, 0.15) is 0 Å². The second kappa shape index (κ2) is 5.55. The molecule has 2 rings (SSSR count). The highest BCUT2D eigenvalue weighted by molar-refractivity contribution is 7.92. The number of sulfonamides is 1. The zero-order valence-electron chi connectivity index (χ0n) is 10.3. The molecule has 0 spiro atoms. The fourth-order valence-corrected chi connectivity index (χ4v) is 2.53. The van der Waals surface area contributed by atoms with E-state index in [1.54, 1.807) is 0 Å². The summed E-state index contributed by atoms with van der Waals surface area (Å²) in [5.41, 5.74) is 4.99. The molecule has 9 heteroatoms. The van der Waals surface area contributed by atoms with E-state index >= 15 is 0 Å². The molecule has 108 valence electrons. The largest absolute Gasteiger partial charge is 0.329 e. The molecule has 0 saturated heterocycles. The third kappa shape index (κ3) is 3.11. The van der Waals surface area contributed by atoms with Crippen LogP contribution < -0.4 is 10.5 Å². The summed E-state index contributed by atoms with van der Waals surface area (Å²) in [7, 11) is -3.98. The molecule has 0 fully saturated rings. The maximum absolute atomic E-state index is 13.4. The number of nitrogens with zero attached hydrogens (tertiary/aromatic N) is 2. The molecule has 0 saturated carbocycles. The lowest BCUT2D eigenvalue weighted by molar-refractivity contribution is 0.582. The van der Waals surface area contributed by atoms with Crippen molar-refractivity contribution in [1.29, 1.82) is 0 Å². The van der Waals surface area contributed by atoms with E-state index in [1.807, 2.05) is 4.72 Å². The van der Waals surface area contributed by atoms with E-state index < -0.39 is 21.7 Å². The van der Waals surface area contributed by atoms with Crippen molar-refractivity contribution in [3.05, 3.63) is 42.2 Å². The summed E-state index contributed by atoms with van der Waals surface area (Å²) in [6.45, 7) is 0.668. The van der Waals surface area contributed by atoms with Gasteiger partial charge in [-0.25, -0.2) is 17.2 Å². The van der Waals surface area contributed by atoms with Crippen molar-refractivity contribution in [3.63, 3.8) is 0 Å². The van der Waals surface area contributed by atoms with Gasteiger partial charge >= 0.3 is 0 Å². The first-order valence-electron chi connectivity index (χ1n) is 5.63. The molecule has 0 unspecified atom stereocenters. The average molecular weight is 302 g/mol. The first-order chi connectivity index (χ1) is 9.42. The Labute approximate surface area is 114 Å². The van der Waals surface area contributed by atoms with Gasteiger partial charge in [-0.3, -0.25) is 9.40 Å². The Kier molecular flexibility index (Phi) is 4.00. The van der Waals surface area contributed by atoms with E-state index in [0.717, 1.165) is 18.3 Å². The Morgan fingerprint density at radius 1 is 1.35 bits per heavy atom. The lowest BCUT2D eigenvalue weighted by Crippen LogP contribution is -2.14. The number of anilines is 1. The summed E-state index contributed by atoms with van der Waals surface area (Å²) in [6.07, 6.45) is 2.40. The van der Waals surface area contributed by atoms with Crippen LogP contribution in [0.5, 0.6) is 0 Å². The number of aromatic nitrogens is 2. The van der Waals surface area contributed by atoms with Gasteiger partial charge in [-0.1, -0.05) is 0 Å². The molecule has 1 heterocycles. The van der Waals surface area contributed by atoms with Gasteiger partial charge in [-0.05, 0) is 12.1 Å². The Hall–Kier alpha value is -2.00. The van der Waals surface area contributed by atoms with Crippen LogP contribution in [0.2, 0.25) is 0 Å². The van der Waals surface area contributed by atoms with Crippen LogP contribution in [0.15, 0.2) is 35.5 Å². The molecule has 1 aromatic heterocycles. The molecule has 0 aliphatic carbocycles. The Morgan fingerprint density at radius 3 is 2.75 bits per heavy atom. The van der Waals surface area contributed by atoms with Crippen LogP contribution in [0.3, 0.4) is 0 Å². The van der Waals surface area contributed by atoms with Gasteiger partial charge in [0, 0.05) is 18.8 Å². The van der Waals surface area contributed by atoms with Crippen molar-refractivity contribution in [3.8, 4) is 0 Å². The molecule has 0 radical (unpaired) electrons. The van der Waals surface area contributed by atoms with E-state index in [4.69, 9.17) is 5.73 Å². The van der Waals surface area contributed by atoms with E-state index in [2.05, 4.69) is 5.10 Å². The molecule has 6 nitrogen and oxygen atoms in total. The van der Waals surface area contributed by atoms with Crippen molar-refractivity contribution in [2.45, 2.75) is 11.4 Å². The van der Waals surface area contributed by atoms with Crippen LogP contribution in [0, 0.1) is 11.6 Å². The SMILES string of the molecule is NCCn1cc(S(=O)(=O)Nc2ccc(F)cc2F)cn1. The average Bonchev–Trinajstić information content (AvgIpc) is 2.83. The number of nitrogens with one attached hydrogen (secondary N) is 1. The van der Waals surface area contributed by atoms with Crippen molar-refractivity contribution in [2.75, 3.05) is 11.3 Å². The molecule has 2 aromatic rings. The quantitative estimate of drug-likeness (QED) is 0.859.